The summed E-state index contributed by atoms with van der Waals surface area (Å²) >= 11 is 1.16. The SMILES string of the molecule is Cc1ccc(NC(=O)CSCC(=O)OCC(=O)NC2CCCC2)cc1. The predicted molar refractivity (Wildman–Crippen MR) is 98.5 cm³/mol. The number of rotatable bonds is 8. The van der Waals surface area contributed by atoms with Gasteiger partial charge in [0, 0.05) is 11.7 Å². The maximum absolute atomic E-state index is 11.8. The molecule has 0 atom stereocenters. The van der Waals surface area contributed by atoms with E-state index in [9.17, 15) is 14.4 Å². The number of hydrogen-bond acceptors (Lipinski definition) is 5. The molecule has 2 amide bonds. The lowest BCUT2D eigenvalue weighted by Gasteiger charge is -2.11. The molecule has 2 rings (SSSR count). The summed E-state index contributed by atoms with van der Waals surface area (Å²) in [4.78, 5) is 35.1. The molecule has 1 aromatic carbocycles. The zero-order valence-corrected chi connectivity index (χ0v) is 15.2. The fourth-order valence-electron chi connectivity index (χ4n) is 2.59. The highest BCUT2D eigenvalue weighted by Gasteiger charge is 2.17. The molecule has 0 heterocycles. The lowest BCUT2D eigenvalue weighted by molar-refractivity contribution is -0.146. The molecule has 0 spiro atoms. The summed E-state index contributed by atoms with van der Waals surface area (Å²) in [5.74, 6) is -0.743. The Morgan fingerprint density at radius 3 is 2.44 bits per heavy atom. The number of hydrogen-bond donors (Lipinski definition) is 2. The van der Waals surface area contributed by atoms with Crippen molar-refractivity contribution in [1.29, 1.82) is 0 Å². The van der Waals surface area contributed by atoms with E-state index in [0.29, 0.717) is 0 Å². The highest BCUT2D eigenvalue weighted by Crippen LogP contribution is 2.17. The van der Waals surface area contributed by atoms with Crippen molar-refractivity contribution in [3.05, 3.63) is 29.8 Å². The van der Waals surface area contributed by atoms with Crippen molar-refractivity contribution in [1.82, 2.24) is 5.32 Å². The van der Waals surface area contributed by atoms with Crippen LogP contribution in [0.5, 0.6) is 0 Å². The van der Waals surface area contributed by atoms with Gasteiger partial charge < -0.3 is 15.4 Å². The second-order valence-electron chi connectivity index (χ2n) is 6.12. The van der Waals surface area contributed by atoms with Crippen LogP contribution >= 0.6 is 11.8 Å². The van der Waals surface area contributed by atoms with Gasteiger partial charge in [-0.05, 0) is 31.9 Å². The summed E-state index contributed by atoms with van der Waals surface area (Å²) < 4.78 is 4.92. The fourth-order valence-corrected chi connectivity index (χ4v) is 3.20. The van der Waals surface area contributed by atoms with Crippen LogP contribution in [0.25, 0.3) is 0 Å². The summed E-state index contributed by atoms with van der Waals surface area (Å²) in [5, 5.41) is 5.61. The first kappa shape index (κ1) is 19.3. The van der Waals surface area contributed by atoms with Crippen molar-refractivity contribution >= 4 is 35.2 Å². The van der Waals surface area contributed by atoms with Gasteiger partial charge in [0.2, 0.25) is 5.91 Å². The van der Waals surface area contributed by atoms with Gasteiger partial charge in [-0.2, -0.15) is 0 Å². The van der Waals surface area contributed by atoms with Crippen molar-refractivity contribution in [3.63, 3.8) is 0 Å². The Bertz CT molecular complexity index is 598. The average molecular weight is 364 g/mol. The van der Waals surface area contributed by atoms with Crippen molar-refractivity contribution in [2.45, 2.75) is 38.6 Å². The third-order valence-corrected chi connectivity index (χ3v) is 4.78. The number of carbonyl (C=O) groups is 3. The van der Waals surface area contributed by atoms with Crippen molar-refractivity contribution < 1.29 is 19.1 Å². The highest BCUT2D eigenvalue weighted by molar-refractivity contribution is 8.00. The minimum Gasteiger partial charge on any atom is -0.455 e. The third kappa shape index (κ3) is 7.60. The molecule has 1 aromatic rings. The molecular weight excluding hydrogens is 340 g/mol. The lowest BCUT2D eigenvalue weighted by Crippen LogP contribution is -2.36. The smallest absolute Gasteiger partial charge is 0.316 e. The molecule has 1 fully saturated rings. The molecule has 1 aliphatic rings. The van der Waals surface area contributed by atoms with Gasteiger partial charge in [-0.1, -0.05) is 30.5 Å². The van der Waals surface area contributed by atoms with Gasteiger partial charge in [0.25, 0.3) is 5.91 Å². The molecule has 0 aliphatic heterocycles. The Hall–Kier alpha value is -2.02. The van der Waals surface area contributed by atoms with E-state index in [2.05, 4.69) is 10.6 Å². The van der Waals surface area contributed by atoms with Crippen LogP contribution in [-0.4, -0.2) is 41.9 Å². The second kappa shape index (κ2) is 10.1. The molecule has 0 bridgehead atoms. The number of ether oxygens (including phenoxy) is 1. The number of thioether (sulfide) groups is 1. The van der Waals surface area contributed by atoms with Crippen LogP contribution < -0.4 is 10.6 Å². The number of benzene rings is 1. The van der Waals surface area contributed by atoms with E-state index in [1.54, 1.807) is 0 Å². The van der Waals surface area contributed by atoms with Crippen molar-refractivity contribution in [2.75, 3.05) is 23.4 Å². The molecule has 1 aliphatic carbocycles. The van der Waals surface area contributed by atoms with E-state index in [-0.39, 0.29) is 36.0 Å². The number of esters is 1. The molecule has 0 aromatic heterocycles. The van der Waals surface area contributed by atoms with Crippen LogP contribution in [0, 0.1) is 6.92 Å². The Morgan fingerprint density at radius 2 is 1.76 bits per heavy atom. The highest BCUT2D eigenvalue weighted by atomic mass is 32.2. The zero-order valence-electron chi connectivity index (χ0n) is 14.4. The van der Waals surface area contributed by atoms with Gasteiger partial charge in [-0.3, -0.25) is 14.4 Å². The van der Waals surface area contributed by atoms with Crippen LogP contribution in [-0.2, 0) is 19.1 Å². The number of nitrogens with one attached hydrogen (secondary N) is 2. The van der Waals surface area contributed by atoms with E-state index in [4.69, 9.17) is 4.74 Å². The molecule has 2 N–H and O–H groups in total. The summed E-state index contributed by atoms with van der Waals surface area (Å²) in [6, 6.07) is 7.70. The van der Waals surface area contributed by atoms with E-state index >= 15 is 0 Å². The zero-order chi connectivity index (χ0) is 18.1. The molecule has 0 unspecified atom stereocenters. The van der Waals surface area contributed by atoms with Gasteiger partial charge in [0.05, 0.1) is 11.5 Å². The first-order chi connectivity index (χ1) is 12.0. The first-order valence-corrected chi connectivity index (χ1v) is 9.57. The number of anilines is 1. The largest absolute Gasteiger partial charge is 0.455 e. The number of amides is 2. The van der Waals surface area contributed by atoms with Gasteiger partial charge in [-0.15, -0.1) is 11.8 Å². The monoisotopic (exact) mass is 364 g/mol. The Labute approximate surface area is 152 Å². The topological polar surface area (TPSA) is 84.5 Å². The van der Waals surface area contributed by atoms with E-state index < -0.39 is 5.97 Å². The molecule has 136 valence electrons. The van der Waals surface area contributed by atoms with Crippen molar-refractivity contribution in [3.8, 4) is 0 Å². The second-order valence-corrected chi connectivity index (χ2v) is 7.10. The van der Waals surface area contributed by atoms with Gasteiger partial charge in [0.15, 0.2) is 6.61 Å². The average Bonchev–Trinajstić information content (AvgIpc) is 3.08. The molecule has 0 radical (unpaired) electrons. The minimum absolute atomic E-state index is 0.0397. The van der Waals surface area contributed by atoms with E-state index in [0.717, 1.165) is 48.7 Å². The lowest BCUT2D eigenvalue weighted by atomic mass is 10.2. The molecule has 6 nitrogen and oxygen atoms in total. The summed E-state index contributed by atoms with van der Waals surface area (Å²) in [7, 11) is 0. The maximum atomic E-state index is 11.8. The Kier molecular flexibility index (Phi) is 7.78. The summed E-state index contributed by atoms with van der Waals surface area (Å²) in [6.07, 6.45) is 4.25. The van der Waals surface area contributed by atoms with E-state index in [1.165, 1.54) is 0 Å². The van der Waals surface area contributed by atoms with Gasteiger partial charge in [-0.25, -0.2) is 0 Å². The van der Waals surface area contributed by atoms with Crippen LogP contribution in [0.4, 0.5) is 5.69 Å². The van der Waals surface area contributed by atoms with Crippen LogP contribution in [0.1, 0.15) is 31.2 Å². The molecule has 25 heavy (non-hydrogen) atoms. The molecular formula is C18H24N2O4S. The third-order valence-electron chi connectivity index (χ3n) is 3.87. The molecule has 7 heteroatoms. The van der Waals surface area contributed by atoms with Crippen LogP contribution in [0.3, 0.4) is 0 Å². The quantitative estimate of drug-likeness (QED) is 0.691. The predicted octanol–water partition coefficient (Wildman–Crippen LogP) is 2.27. The maximum Gasteiger partial charge on any atom is 0.316 e. The number of aryl methyl sites for hydroxylation is 1. The van der Waals surface area contributed by atoms with Crippen molar-refractivity contribution in [2.24, 2.45) is 0 Å². The summed E-state index contributed by atoms with van der Waals surface area (Å²) in [6.45, 7) is 1.71. The Morgan fingerprint density at radius 1 is 1.08 bits per heavy atom. The van der Waals surface area contributed by atoms with E-state index in [1.807, 2.05) is 31.2 Å². The van der Waals surface area contributed by atoms with Crippen LogP contribution in [0.15, 0.2) is 24.3 Å². The van der Waals surface area contributed by atoms with Crippen LogP contribution in [0.2, 0.25) is 0 Å². The molecule has 1 saturated carbocycles. The standard InChI is InChI=1S/C18H24N2O4S/c1-13-6-8-15(9-7-13)20-17(22)11-25-12-18(23)24-10-16(21)19-14-4-2-3-5-14/h6-9,14H,2-5,10-12H2,1H3,(H,19,21)(H,20,22). The van der Waals surface area contributed by atoms with Gasteiger partial charge in [0.1, 0.15) is 0 Å². The first-order valence-electron chi connectivity index (χ1n) is 8.42. The number of carbonyl (C=O) groups excluding carboxylic acids is 3. The fraction of sp³-hybridized carbons (Fsp3) is 0.500. The molecule has 0 saturated heterocycles. The van der Waals surface area contributed by atoms with Gasteiger partial charge >= 0.3 is 5.97 Å². The summed E-state index contributed by atoms with van der Waals surface area (Å²) in [5.41, 5.74) is 1.84. The minimum atomic E-state index is -0.491. The Balaban J connectivity index is 1.55. The normalized spacial score (nSPS) is 14.1.